The van der Waals surface area contributed by atoms with Crippen LogP contribution in [0.1, 0.15) is 36.0 Å². The number of imide groups is 1. The molecule has 0 bridgehead atoms. The number of amides is 3. The Bertz CT molecular complexity index is 786. The van der Waals surface area contributed by atoms with Gasteiger partial charge in [0.25, 0.3) is 0 Å². The molecule has 2 atom stereocenters. The summed E-state index contributed by atoms with van der Waals surface area (Å²) in [7, 11) is 0. The Morgan fingerprint density at radius 3 is 2.12 bits per heavy atom. The first-order valence-electron chi connectivity index (χ1n) is 9.00. The largest absolute Gasteiger partial charge is 0.312 e. The summed E-state index contributed by atoms with van der Waals surface area (Å²) in [5.41, 5.74) is 1.21. The zero-order valence-electron chi connectivity index (χ0n) is 14.4. The van der Waals surface area contributed by atoms with Crippen LogP contribution >= 0.6 is 0 Å². The van der Waals surface area contributed by atoms with Gasteiger partial charge in [-0.25, -0.2) is 0 Å². The second-order valence-electron chi connectivity index (χ2n) is 7.04. The van der Waals surface area contributed by atoms with Crippen molar-refractivity contribution in [3.63, 3.8) is 0 Å². The molecule has 4 rings (SSSR count). The van der Waals surface area contributed by atoms with Crippen molar-refractivity contribution in [3.8, 4) is 0 Å². The number of anilines is 1. The zero-order chi connectivity index (χ0) is 18.3. The van der Waals surface area contributed by atoms with E-state index >= 15 is 0 Å². The SMILES string of the molecule is O=C(CN1C(=O)[C@H]2CC=CC[C@H]2C1=O)c1ccc(N2CCCC2=O)cc1. The number of hydrogen-bond acceptors (Lipinski definition) is 4. The van der Waals surface area contributed by atoms with Crippen LogP contribution in [-0.2, 0) is 14.4 Å². The van der Waals surface area contributed by atoms with E-state index in [1.54, 1.807) is 29.2 Å². The Morgan fingerprint density at radius 2 is 1.58 bits per heavy atom. The second-order valence-corrected chi connectivity index (χ2v) is 7.04. The minimum Gasteiger partial charge on any atom is -0.312 e. The van der Waals surface area contributed by atoms with Crippen LogP contribution in [0.3, 0.4) is 0 Å². The van der Waals surface area contributed by atoms with Crippen LogP contribution in [-0.4, -0.2) is 41.5 Å². The predicted octanol–water partition coefficient (Wildman–Crippen LogP) is 1.95. The summed E-state index contributed by atoms with van der Waals surface area (Å²) in [6, 6.07) is 6.80. The van der Waals surface area contributed by atoms with Gasteiger partial charge >= 0.3 is 0 Å². The lowest BCUT2D eigenvalue weighted by molar-refractivity contribution is -0.139. The highest BCUT2D eigenvalue weighted by Gasteiger charge is 2.47. The van der Waals surface area contributed by atoms with Gasteiger partial charge in [0.15, 0.2) is 5.78 Å². The van der Waals surface area contributed by atoms with E-state index in [2.05, 4.69) is 0 Å². The smallest absolute Gasteiger partial charge is 0.233 e. The third-order valence-electron chi connectivity index (χ3n) is 5.47. The van der Waals surface area contributed by atoms with Crippen LogP contribution in [0.5, 0.6) is 0 Å². The molecule has 26 heavy (non-hydrogen) atoms. The van der Waals surface area contributed by atoms with Crippen molar-refractivity contribution in [2.24, 2.45) is 11.8 Å². The van der Waals surface area contributed by atoms with Gasteiger partial charge in [0.1, 0.15) is 0 Å². The molecular weight excluding hydrogens is 332 g/mol. The van der Waals surface area contributed by atoms with Gasteiger partial charge < -0.3 is 4.90 Å². The summed E-state index contributed by atoms with van der Waals surface area (Å²) in [4.78, 5) is 52.1. The average Bonchev–Trinajstić information content (AvgIpc) is 3.19. The maximum absolute atomic E-state index is 12.6. The van der Waals surface area contributed by atoms with Crippen molar-refractivity contribution < 1.29 is 19.2 Å². The lowest BCUT2D eigenvalue weighted by Gasteiger charge is -2.17. The van der Waals surface area contributed by atoms with Crippen LogP contribution in [0.4, 0.5) is 5.69 Å². The molecule has 0 N–H and O–H groups in total. The van der Waals surface area contributed by atoms with Crippen LogP contribution in [0, 0.1) is 11.8 Å². The summed E-state index contributed by atoms with van der Waals surface area (Å²) >= 11 is 0. The Kier molecular flexibility index (Phi) is 4.18. The van der Waals surface area contributed by atoms with Crippen molar-refractivity contribution in [3.05, 3.63) is 42.0 Å². The topological polar surface area (TPSA) is 74.8 Å². The molecule has 0 unspecified atom stereocenters. The van der Waals surface area contributed by atoms with Crippen molar-refractivity contribution in [2.45, 2.75) is 25.7 Å². The predicted molar refractivity (Wildman–Crippen MR) is 94.4 cm³/mol. The van der Waals surface area contributed by atoms with E-state index in [-0.39, 0.29) is 41.9 Å². The molecule has 6 nitrogen and oxygen atoms in total. The average molecular weight is 352 g/mol. The molecule has 0 spiro atoms. The highest BCUT2D eigenvalue weighted by molar-refractivity contribution is 6.10. The summed E-state index contributed by atoms with van der Waals surface area (Å²) in [6.45, 7) is 0.479. The van der Waals surface area contributed by atoms with Gasteiger partial charge in [0.05, 0.1) is 18.4 Å². The number of fused-ring (bicyclic) bond motifs is 1. The van der Waals surface area contributed by atoms with E-state index in [0.29, 0.717) is 31.4 Å². The van der Waals surface area contributed by atoms with Gasteiger partial charge in [-0.3, -0.25) is 24.1 Å². The van der Waals surface area contributed by atoms with Crippen molar-refractivity contribution in [1.82, 2.24) is 4.90 Å². The molecule has 3 aliphatic rings. The molecule has 134 valence electrons. The number of hydrogen-bond donors (Lipinski definition) is 0. The molecule has 2 saturated heterocycles. The molecule has 2 fully saturated rings. The van der Waals surface area contributed by atoms with E-state index in [9.17, 15) is 19.2 Å². The zero-order valence-corrected chi connectivity index (χ0v) is 14.4. The number of carbonyl (C=O) groups excluding carboxylic acids is 4. The Balaban J connectivity index is 1.46. The first kappa shape index (κ1) is 16.7. The fourth-order valence-electron chi connectivity index (χ4n) is 4.01. The Morgan fingerprint density at radius 1 is 0.962 bits per heavy atom. The third kappa shape index (κ3) is 2.75. The molecule has 0 saturated carbocycles. The second kappa shape index (κ2) is 6.52. The highest BCUT2D eigenvalue weighted by Crippen LogP contribution is 2.35. The molecule has 1 aromatic rings. The Hall–Kier alpha value is -2.76. The van der Waals surface area contributed by atoms with E-state index in [4.69, 9.17) is 0 Å². The van der Waals surface area contributed by atoms with Crippen LogP contribution < -0.4 is 4.90 Å². The van der Waals surface area contributed by atoms with Crippen molar-refractivity contribution in [2.75, 3.05) is 18.0 Å². The summed E-state index contributed by atoms with van der Waals surface area (Å²) in [6.07, 6.45) is 6.38. The van der Waals surface area contributed by atoms with Gasteiger partial charge in [-0.05, 0) is 43.5 Å². The molecule has 2 aliphatic heterocycles. The van der Waals surface area contributed by atoms with Crippen molar-refractivity contribution >= 4 is 29.2 Å². The molecule has 2 heterocycles. The van der Waals surface area contributed by atoms with Crippen LogP contribution in [0.25, 0.3) is 0 Å². The third-order valence-corrected chi connectivity index (χ3v) is 5.47. The van der Waals surface area contributed by atoms with Gasteiger partial charge in [-0.2, -0.15) is 0 Å². The number of nitrogens with zero attached hydrogens (tertiary/aromatic N) is 2. The van der Waals surface area contributed by atoms with E-state index in [1.807, 2.05) is 12.2 Å². The highest BCUT2D eigenvalue weighted by atomic mass is 16.2. The van der Waals surface area contributed by atoms with E-state index < -0.39 is 0 Å². The lowest BCUT2D eigenvalue weighted by atomic mass is 9.85. The minimum atomic E-state index is -0.316. The van der Waals surface area contributed by atoms with Crippen LogP contribution in [0.2, 0.25) is 0 Å². The maximum atomic E-state index is 12.6. The molecule has 3 amide bonds. The fraction of sp³-hybridized carbons (Fsp3) is 0.400. The molecular formula is C20H20N2O4. The summed E-state index contributed by atoms with van der Waals surface area (Å²) in [5.74, 6) is -1.28. The van der Waals surface area contributed by atoms with Crippen molar-refractivity contribution in [1.29, 1.82) is 0 Å². The van der Waals surface area contributed by atoms with E-state index in [0.717, 1.165) is 17.0 Å². The standard InChI is InChI=1S/C20H20N2O4/c23-17(12-22-19(25)15-4-1-2-5-16(15)20(22)26)13-7-9-14(10-8-13)21-11-3-6-18(21)24/h1-2,7-10,15-16H,3-6,11-12H2/t15-,16+. The molecule has 1 aromatic carbocycles. The van der Waals surface area contributed by atoms with Gasteiger partial charge in [0, 0.05) is 24.2 Å². The first-order chi connectivity index (χ1) is 12.6. The van der Waals surface area contributed by atoms with Gasteiger partial charge in [-0.15, -0.1) is 0 Å². The Labute approximate surface area is 151 Å². The number of Topliss-reactive ketones (excluding diaryl/α,β-unsaturated/α-hetero) is 1. The molecule has 0 aromatic heterocycles. The normalized spacial score (nSPS) is 25.2. The first-order valence-corrected chi connectivity index (χ1v) is 9.00. The number of likely N-dealkylation sites (tertiary alicyclic amines) is 1. The number of rotatable bonds is 4. The monoisotopic (exact) mass is 352 g/mol. The minimum absolute atomic E-state index is 0.0913. The van der Waals surface area contributed by atoms with E-state index in [1.165, 1.54) is 0 Å². The molecule has 6 heteroatoms. The fourth-order valence-corrected chi connectivity index (χ4v) is 4.01. The summed E-state index contributed by atoms with van der Waals surface area (Å²) < 4.78 is 0. The number of allylic oxidation sites excluding steroid dienone is 2. The number of benzene rings is 1. The van der Waals surface area contributed by atoms with Crippen LogP contribution in [0.15, 0.2) is 36.4 Å². The quantitative estimate of drug-likeness (QED) is 0.472. The number of carbonyl (C=O) groups is 4. The summed E-state index contributed by atoms with van der Waals surface area (Å²) in [5, 5.41) is 0. The lowest BCUT2D eigenvalue weighted by Crippen LogP contribution is -2.36. The maximum Gasteiger partial charge on any atom is 0.233 e. The number of ketones is 1. The molecule has 1 aliphatic carbocycles. The van der Waals surface area contributed by atoms with Gasteiger partial charge in [0.2, 0.25) is 17.7 Å². The molecule has 0 radical (unpaired) electrons. The van der Waals surface area contributed by atoms with Gasteiger partial charge in [-0.1, -0.05) is 12.2 Å².